The minimum atomic E-state index is -0.612. The first kappa shape index (κ1) is 19.8. The summed E-state index contributed by atoms with van der Waals surface area (Å²) in [6.45, 7) is 4.62. The van der Waals surface area contributed by atoms with Gasteiger partial charge in [0, 0.05) is 12.6 Å². The Kier molecular flexibility index (Phi) is 7.76. The molecule has 1 N–H and O–H groups in total. The molecule has 138 valence electrons. The van der Waals surface area contributed by atoms with Gasteiger partial charge in [-0.2, -0.15) is 0 Å². The summed E-state index contributed by atoms with van der Waals surface area (Å²) in [5.41, 5.74) is 1.97. The van der Waals surface area contributed by atoms with Gasteiger partial charge in [-0.3, -0.25) is 9.59 Å². The molecule has 1 aliphatic carbocycles. The average Bonchev–Trinajstić information content (AvgIpc) is 3.12. The number of nitrogens with one attached hydrogen (secondary N) is 1. The fourth-order valence-electron chi connectivity index (χ4n) is 3.37. The monoisotopic (exact) mass is 364 g/mol. The highest BCUT2D eigenvalue weighted by atomic mass is 35.5. The van der Waals surface area contributed by atoms with E-state index < -0.39 is 6.04 Å². The molecule has 1 aliphatic rings. The molecule has 2 rings (SSSR count). The number of carbonyl (C=O) groups excluding carboxylic acids is 2. The van der Waals surface area contributed by atoms with Crippen molar-refractivity contribution < 1.29 is 9.59 Å². The first-order chi connectivity index (χ1) is 12.1. The van der Waals surface area contributed by atoms with Crippen molar-refractivity contribution in [3.8, 4) is 0 Å². The summed E-state index contributed by atoms with van der Waals surface area (Å²) in [6.07, 6.45) is 6.15. The van der Waals surface area contributed by atoms with Crippen molar-refractivity contribution in [2.75, 3.05) is 12.4 Å². The number of unbranched alkanes of at least 4 members (excludes halogenated alkanes) is 1. The van der Waals surface area contributed by atoms with Crippen LogP contribution >= 0.6 is 11.6 Å². The minimum Gasteiger partial charge on any atom is -0.351 e. The highest BCUT2D eigenvalue weighted by Crippen LogP contribution is 2.25. The molecule has 1 aromatic rings. The predicted molar refractivity (Wildman–Crippen MR) is 102 cm³/mol. The zero-order valence-corrected chi connectivity index (χ0v) is 16.0. The van der Waals surface area contributed by atoms with E-state index in [1.54, 1.807) is 4.90 Å². The van der Waals surface area contributed by atoms with E-state index in [0.29, 0.717) is 6.54 Å². The summed E-state index contributed by atoms with van der Waals surface area (Å²) < 4.78 is 0. The lowest BCUT2D eigenvalue weighted by Gasteiger charge is -2.32. The zero-order valence-electron chi connectivity index (χ0n) is 15.3. The molecule has 0 bridgehead atoms. The fraction of sp³-hybridized carbons (Fsp3) is 0.600. The number of halogens is 1. The molecule has 1 atom stereocenters. The van der Waals surface area contributed by atoms with Crippen molar-refractivity contribution in [2.45, 2.75) is 64.5 Å². The summed E-state index contributed by atoms with van der Waals surface area (Å²) in [7, 11) is 0. The molecule has 0 saturated heterocycles. The number of aryl methyl sites for hydroxylation is 1. The van der Waals surface area contributed by atoms with E-state index in [2.05, 4.69) is 12.2 Å². The molecule has 0 heterocycles. The first-order valence-electron chi connectivity index (χ1n) is 9.29. The number of hydrogen-bond acceptors (Lipinski definition) is 2. The summed E-state index contributed by atoms with van der Waals surface area (Å²) in [5.74, 6) is -0.393. The number of carbonyl (C=O) groups is 2. The Morgan fingerprint density at radius 1 is 1.24 bits per heavy atom. The van der Waals surface area contributed by atoms with Crippen LogP contribution in [0.4, 0.5) is 0 Å². The van der Waals surface area contributed by atoms with Crippen LogP contribution in [0, 0.1) is 6.92 Å². The molecule has 2 amide bonds. The normalized spacial score (nSPS) is 15.8. The van der Waals surface area contributed by atoms with Crippen molar-refractivity contribution in [1.82, 2.24) is 10.2 Å². The van der Waals surface area contributed by atoms with Crippen LogP contribution < -0.4 is 5.32 Å². The van der Waals surface area contributed by atoms with E-state index in [9.17, 15) is 9.59 Å². The van der Waals surface area contributed by atoms with Gasteiger partial charge in [0.15, 0.2) is 0 Å². The molecule has 5 heteroatoms. The maximum atomic E-state index is 13.1. The van der Waals surface area contributed by atoms with Crippen molar-refractivity contribution in [2.24, 2.45) is 0 Å². The molecular weight excluding hydrogens is 336 g/mol. The van der Waals surface area contributed by atoms with Gasteiger partial charge < -0.3 is 10.2 Å². The molecule has 0 aliphatic heterocycles. The Balaban J connectivity index is 2.29. The molecule has 4 nitrogen and oxygen atoms in total. The average molecular weight is 365 g/mol. The second-order valence-corrected chi connectivity index (χ2v) is 7.14. The first-order valence-corrected chi connectivity index (χ1v) is 9.82. The standard InChI is InChI=1S/C20H29ClN2O2/c1-3-4-13-23(18(24)14-21)19(16-11-9-15(2)10-12-16)20(25)22-17-7-5-6-8-17/h9-12,17,19H,3-8,13-14H2,1-2H3,(H,22,25)/t19-/m1/s1. The van der Waals surface area contributed by atoms with E-state index in [1.807, 2.05) is 31.2 Å². The number of benzene rings is 1. The smallest absolute Gasteiger partial charge is 0.247 e. The molecule has 1 fully saturated rings. The van der Waals surface area contributed by atoms with Crippen molar-refractivity contribution >= 4 is 23.4 Å². The maximum Gasteiger partial charge on any atom is 0.247 e. The van der Waals surface area contributed by atoms with Crippen molar-refractivity contribution in [3.05, 3.63) is 35.4 Å². The SMILES string of the molecule is CCCCN(C(=O)CCl)[C@@H](C(=O)NC1CCCC1)c1ccc(C)cc1. The summed E-state index contributed by atoms with van der Waals surface area (Å²) >= 11 is 5.83. The van der Waals surface area contributed by atoms with Crippen LogP contribution in [0.5, 0.6) is 0 Å². The summed E-state index contributed by atoms with van der Waals surface area (Å²) in [5, 5.41) is 3.15. The second-order valence-electron chi connectivity index (χ2n) is 6.88. The Labute approximate surface area is 155 Å². The Hall–Kier alpha value is -1.55. The van der Waals surface area contributed by atoms with Gasteiger partial charge in [-0.25, -0.2) is 0 Å². The lowest BCUT2D eigenvalue weighted by atomic mass is 10.0. The third-order valence-corrected chi connectivity index (χ3v) is 5.07. The molecule has 0 spiro atoms. The third kappa shape index (κ3) is 5.46. The third-order valence-electron chi connectivity index (χ3n) is 4.84. The van der Waals surface area contributed by atoms with Gasteiger partial charge in [-0.15, -0.1) is 11.6 Å². The van der Waals surface area contributed by atoms with Crippen molar-refractivity contribution in [1.29, 1.82) is 0 Å². The van der Waals surface area contributed by atoms with E-state index in [1.165, 1.54) is 0 Å². The van der Waals surface area contributed by atoms with Gasteiger partial charge in [0.05, 0.1) is 0 Å². The number of nitrogens with zero attached hydrogens (tertiary/aromatic N) is 1. The molecular formula is C20H29ClN2O2. The van der Waals surface area contributed by atoms with Crippen LogP contribution in [0.2, 0.25) is 0 Å². The number of rotatable bonds is 8. The van der Waals surface area contributed by atoms with Gasteiger partial charge in [0.25, 0.3) is 0 Å². The molecule has 1 saturated carbocycles. The number of alkyl halides is 1. The molecule has 0 aromatic heterocycles. The molecule has 25 heavy (non-hydrogen) atoms. The van der Waals surface area contributed by atoms with E-state index in [-0.39, 0.29) is 23.7 Å². The number of hydrogen-bond donors (Lipinski definition) is 1. The van der Waals surface area contributed by atoms with Crippen LogP contribution in [0.1, 0.15) is 62.6 Å². The van der Waals surface area contributed by atoms with Crippen LogP contribution in [-0.4, -0.2) is 35.2 Å². The van der Waals surface area contributed by atoms with Gasteiger partial charge in [0.1, 0.15) is 11.9 Å². The quantitative estimate of drug-likeness (QED) is 0.710. The van der Waals surface area contributed by atoms with Crippen LogP contribution in [0.25, 0.3) is 0 Å². The van der Waals surface area contributed by atoms with Crippen molar-refractivity contribution in [3.63, 3.8) is 0 Å². The topological polar surface area (TPSA) is 49.4 Å². The predicted octanol–water partition coefficient (Wildman–Crippen LogP) is 3.96. The van der Waals surface area contributed by atoms with Gasteiger partial charge in [0.2, 0.25) is 11.8 Å². The largest absolute Gasteiger partial charge is 0.351 e. The Morgan fingerprint density at radius 2 is 1.88 bits per heavy atom. The van der Waals surface area contributed by atoms with Crippen LogP contribution in [0.3, 0.4) is 0 Å². The minimum absolute atomic E-state index is 0.0923. The Morgan fingerprint density at radius 3 is 2.44 bits per heavy atom. The van der Waals surface area contributed by atoms with Gasteiger partial charge in [-0.05, 0) is 31.7 Å². The number of amides is 2. The van der Waals surface area contributed by atoms with E-state index >= 15 is 0 Å². The van der Waals surface area contributed by atoms with Gasteiger partial charge >= 0.3 is 0 Å². The second kappa shape index (κ2) is 9.81. The fourth-order valence-corrected chi connectivity index (χ4v) is 3.53. The summed E-state index contributed by atoms with van der Waals surface area (Å²) in [4.78, 5) is 27.2. The molecule has 0 radical (unpaired) electrons. The Bertz CT molecular complexity index is 568. The van der Waals surface area contributed by atoms with Crippen LogP contribution in [0.15, 0.2) is 24.3 Å². The highest BCUT2D eigenvalue weighted by Gasteiger charge is 2.32. The van der Waals surface area contributed by atoms with Gasteiger partial charge in [-0.1, -0.05) is 56.0 Å². The molecule has 1 aromatic carbocycles. The van der Waals surface area contributed by atoms with Crippen LogP contribution in [-0.2, 0) is 9.59 Å². The lowest BCUT2D eigenvalue weighted by molar-refractivity contribution is -0.139. The van der Waals surface area contributed by atoms with E-state index in [4.69, 9.17) is 11.6 Å². The lowest BCUT2D eigenvalue weighted by Crippen LogP contribution is -2.46. The summed E-state index contributed by atoms with van der Waals surface area (Å²) in [6, 6.07) is 7.45. The van der Waals surface area contributed by atoms with E-state index in [0.717, 1.165) is 49.7 Å². The zero-order chi connectivity index (χ0) is 18.2. The molecule has 0 unspecified atom stereocenters. The maximum absolute atomic E-state index is 13.1. The highest BCUT2D eigenvalue weighted by molar-refractivity contribution is 6.27.